The van der Waals surface area contributed by atoms with Crippen molar-refractivity contribution in [2.45, 2.75) is 25.0 Å². The van der Waals surface area contributed by atoms with E-state index in [4.69, 9.17) is 4.74 Å². The fraction of sp³-hybridized carbons (Fsp3) is 0.462. The van der Waals surface area contributed by atoms with Crippen molar-refractivity contribution in [3.63, 3.8) is 0 Å². The summed E-state index contributed by atoms with van der Waals surface area (Å²) in [7, 11) is 0. The highest BCUT2D eigenvalue weighted by Gasteiger charge is 2.28. The van der Waals surface area contributed by atoms with Crippen molar-refractivity contribution in [1.82, 2.24) is 5.32 Å². The predicted molar refractivity (Wildman–Crippen MR) is 70.4 cm³/mol. The summed E-state index contributed by atoms with van der Waals surface area (Å²) in [6.45, 7) is 1.04. The summed E-state index contributed by atoms with van der Waals surface area (Å²) in [5.41, 5.74) is -0.0391. The molecule has 1 heterocycles. The lowest BCUT2D eigenvalue weighted by atomic mass is 10.0. The van der Waals surface area contributed by atoms with Crippen molar-refractivity contribution in [1.29, 1.82) is 0 Å². The van der Waals surface area contributed by atoms with E-state index in [0.717, 1.165) is 12.8 Å². The Morgan fingerprint density at radius 1 is 1.55 bits per heavy atom. The molecule has 0 aromatic heterocycles. The minimum Gasteiger partial charge on any atom is -0.480 e. The molecular formula is C13H16N2O5. The molecule has 1 aliphatic heterocycles. The number of benzene rings is 1. The summed E-state index contributed by atoms with van der Waals surface area (Å²) in [6.07, 6.45) is 1.80. The monoisotopic (exact) mass is 280 g/mol. The number of hydrogen-bond acceptors (Lipinski definition) is 5. The minimum atomic E-state index is -1.14. The Labute approximate surface area is 115 Å². The van der Waals surface area contributed by atoms with Gasteiger partial charge in [0.25, 0.3) is 5.69 Å². The maximum Gasteiger partial charge on any atom is 0.325 e. The SMILES string of the molecule is O=C(O)C(NCC1CCCO1)c1ccccc1[N+](=O)[O-]. The number of carboxylic acid groups (broad SMARTS) is 1. The summed E-state index contributed by atoms with van der Waals surface area (Å²) < 4.78 is 5.41. The molecule has 2 rings (SSSR count). The number of nitro groups is 1. The van der Waals surface area contributed by atoms with E-state index in [1.54, 1.807) is 6.07 Å². The molecule has 2 N–H and O–H groups in total. The van der Waals surface area contributed by atoms with Gasteiger partial charge in [-0.1, -0.05) is 12.1 Å². The van der Waals surface area contributed by atoms with Gasteiger partial charge >= 0.3 is 5.97 Å². The van der Waals surface area contributed by atoms with Crippen LogP contribution in [0.4, 0.5) is 5.69 Å². The molecule has 1 aromatic carbocycles. The molecule has 0 aliphatic carbocycles. The maximum atomic E-state index is 11.4. The van der Waals surface area contributed by atoms with Crippen molar-refractivity contribution in [2.24, 2.45) is 0 Å². The predicted octanol–water partition coefficient (Wildman–Crippen LogP) is 1.49. The lowest BCUT2D eigenvalue weighted by molar-refractivity contribution is -0.385. The van der Waals surface area contributed by atoms with Crippen LogP contribution in [0, 0.1) is 10.1 Å². The molecule has 0 bridgehead atoms. The molecule has 7 heteroatoms. The molecule has 2 unspecified atom stereocenters. The second-order valence-corrected chi connectivity index (χ2v) is 4.63. The van der Waals surface area contributed by atoms with Crippen molar-refractivity contribution in [3.8, 4) is 0 Å². The molecule has 1 aliphatic rings. The topological polar surface area (TPSA) is 102 Å². The fourth-order valence-corrected chi connectivity index (χ4v) is 2.28. The van der Waals surface area contributed by atoms with Crippen LogP contribution in [0.25, 0.3) is 0 Å². The number of carboxylic acids is 1. The molecule has 20 heavy (non-hydrogen) atoms. The molecule has 108 valence electrons. The first-order chi connectivity index (χ1) is 9.59. The first-order valence-electron chi connectivity index (χ1n) is 6.40. The number of nitrogens with one attached hydrogen (secondary N) is 1. The molecule has 0 saturated carbocycles. The number of ether oxygens (including phenoxy) is 1. The van der Waals surface area contributed by atoms with E-state index < -0.39 is 16.9 Å². The zero-order valence-electron chi connectivity index (χ0n) is 10.8. The molecule has 1 aromatic rings. The van der Waals surface area contributed by atoms with Crippen molar-refractivity contribution < 1.29 is 19.6 Å². The molecule has 0 radical (unpaired) electrons. The van der Waals surface area contributed by atoms with Gasteiger partial charge in [-0.15, -0.1) is 0 Å². The van der Waals surface area contributed by atoms with E-state index >= 15 is 0 Å². The van der Waals surface area contributed by atoms with Crippen molar-refractivity contribution >= 4 is 11.7 Å². The van der Waals surface area contributed by atoms with E-state index in [-0.39, 0.29) is 17.4 Å². The third-order valence-electron chi connectivity index (χ3n) is 3.27. The Kier molecular flexibility index (Phi) is 4.65. The van der Waals surface area contributed by atoms with Gasteiger partial charge in [0.2, 0.25) is 0 Å². The second kappa shape index (κ2) is 6.44. The van der Waals surface area contributed by atoms with Gasteiger partial charge in [0.1, 0.15) is 6.04 Å². The summed E-state index contributed by atoms with van der Waals surface area (Å²) >= 11 is 0. The van der Waals surface area contributed by atoms with Gasteiger partial charge < -0.3 is 9.84 Å². The number of nitro benzene ring substituents is 1. The van der Waals surface area contributed by atoms with Crippen LogP contribution < -0.4 is 5.32 Å². The van der Waals surface area contributed by atoms with Crippen LogP contribution in [0.1, 0.15) is 24.4 Å². The van der Waals surface area contributed by atoms with E-state index in [2.05, 4.69) is 5.32 Å². The lowest BCUT2D eigenvalue weighted by Gasteiger charge is -2.17. The molecule has 2 atom stereocenters. The van der Waals surface area contributed by atoms with Gasteiger partial charge in [0, 0.05) is 19.2 Å². The first-order valence-corrected chi connectivity index (χ1v) is 6.40. The fourth-order valence-electron chi connectivity index (χ4n) is 2.28. The standard InChI is InChI=1S/C13H16N2O5/c16-13(17)12(14-8-9-4-3-7-20-9)10-5-1-2-6-11(10)15(18)19/h1-2,5-6,9,12,14H,3-4,7-8H2,(H,16,17). The number of aliphatic carboxylic acids is 1. The molecular weight excluding hydrogens is 264 g/mol. The smallest absolute Gasteiger partial charge is 0.325 e. The number of carbonyl (C=O) groups is 1. The van der Waals surface area contributed by atoms with Gasteiger partial charge in [-0.3, -0.25) is 20.2 Å². The third-order valence-corrected chi connectivity index (χ3v) is 3.27. The van der Waals surface area contributed by atoms with Crippen molar-refractivity contribution in [2.75, 3.05) is 13.2 Å². The van der Waals surface area contributed by atoms with Crippen LogP contribution in [0.3, 0.4) is 0 Å². The first kappa shape index (κ1) is 14.4. The van der Waals surface area contributed by atoms with Gasteiger partial charge in [0.05, 0.1) is 16.6 Å². The molecule has 0 spiro atoms. The quantitative estimate of drug-likeness (QED) is 0.604. The summed E-state index contributed by atoms with van der Waals surface area (Å²) in [6, 6.07) is 4.76. The zero-order valence-corrected chi connectivity index (χ0v) is 10.8. The van der Waals surface area contributed by atoms with Crippen LogP contribution in [0.2, 0.25) is 0 Å². The Hall–Kier alpha value is -1.99. The number of hydrogen-bond donors (Lipinski definition) is 2. The minimum absolute atomic E-state index is 0.0281. The van der Waals surface area contributed by atoms with E-state index in [1.807, 2.05) is 0 Å². The number of para-hydroxylation sites is 1. The largest absolute Gasteiger partial charge is 0.480 e. The average Bonchev–Trinajstić information content (AvgIpc) is 2.92. The summed E-state index contributed by atoms with van der Waals surface area (Å²) in [5.74, 6) is -1.14. The van der Waals surface area contributed by atoms with E-state index in [0.29, 0.717) is 13.2 Å². The maximum absolute atomic E-state index is 11.4. The Bertz CT molecular complexity index is 499. The van der Waals surface area contributed by atoms with Gasteiger partial charge in [-0.05, 0) is 18.9 Å². The van der Waals surface area contributed by atoms with Crippen LogP contribution >= 0.6 is 0 Å². The zero-order chi connectivity index (χ0) is 14.5. The van der Waals surface area contributed by atoms with Gasteiger partial charge in [-0.25, -0.2) is 0 Å². The summed E-state index contributed by atoms with van der Waals surface area (Å²) in [4.78, 5) is 21.8. The van der Waals surface area contributed by atoms with Gasteiger partial charge in [-0.2, -0.15) is 0 Å². The third kappa shape index (κ3) is 3.31. The van der Waals surface area contributed by atoms with E-state index in [1.165, 1.54) is 18.2 Å². The van der Waals surface area contributed by atoms with Crippen LogP contribution in [0.15, 0.2) is 24.3 Å². The molecule has 1 fully saturated rings. The molecule has 1 saturated heterocycles. The Morgan fingerprint density at radius 2 is 2.30 bits per heavy atom. The highest BCUT2D eigenvalue weighted by atomic mass is 16.6. The number of nitrogens with zero attached hydrogens (tertiary/aromatic N) is 1. The second-order valence-electron chi connectivity index (χ2n) is 4.63. The average molecular weight is 280 g/mol. The highest BCUT2D eigenvalue weighted by Crippen LogP contribution is 2.25. The summed E-state index contributed by atoms with van der Waals surface area (Å²) in [5, 5.41) is 23.1. The van der Waals surface area contributed by atoms with Crippen LogP contribution in [-0.2, 0) is 9.53 Å². The Balaban J connectivity index is 2.15. The Morgan fingerprint density at radius 3 is 2.90 bits per heavy atom. The van der Waals surface area contributed by atoms with Gasteiger partial charge in [0.15, 0.2) is 0 Å². The lowest BCUT2D eigenvalue weighted by Crippen LogP contribution is -2.34. The molecule has 0 amide bonds. The normalized spacial score (nSPS) is 19.7. The highest BCUT2D eigenvalue weighted by molar-refractivity contribution is 5.77. The van der Waals surface area contributed by atoms with Crippen molar-refractivity contribution in [3.05, 3.63) is 39.9 Å². The van der Waals surface area contributed by atoms with Crippen LogP contribution in [-0.4, -0.2) is 35.3 Å². The molecule has 7 nitrogen and oxygen atoms in total. The van der Waals surface area contributed by atoms with E-state index in [9.17, 15) is 20.0 Å². The number of rotatable bonds is 6. The van der Waals surface area contributed by atoms with Crippen LogP contribution in [0.5, 0.6) is 0 Å².